The van der Waals surface area contributed by atoms with Crippen molar-refractivity contribution in [3.63, 3.8) is 0 Å². The number of aliphatic hydroxyl groups excluding tert-OH is 1. The van der Waals surface area contributed by atoms with Crippen molar-refractivity contribution in [2.45, 2.75) is 58.5 Å². The monoisotopic (exact) mass is 252 g/mol. The molecule has 0 spiro atoms. The minimum Gasteiger partial charge on any atom is -0.464 e. The quantitative estimate of drug-likeness (QED) is 0.304. The molecule has 0 amide bonds. The van der Waals surface area contributed by atoms with Gasteiger partial charge < -0.3 is 25.2 Å². The first-order valence-electron chi connectivity index (χ1n) is 5.76. The third-order valence-corrected chi connectivity index (χ3v) is 1.74. The number of hydrogen-bond donors (Lipinski definition) is 4. The number of unbranched alkanes of at least 4 members (excludes halogenated alkanes) is 2. The van der Waals surface area contributed by atoms with Crippen LogP contribution in [0.3, 0.4) is 0 Å². The highest BCUT2D eigenvalue weighted by atomic mass is 16.7. The van der Waals surface area contributed by atoms with E-state index >= 15 is 0 Å². The van der Waals surface area contributed by atoms with Crippen LogP contribution in [0.1, 0.15) is 46.5 Å². The number of esters is 1. The van der Waals surface area contributed by atoms with Crippen LogP contribution in [0.25, 0.3) is 0 Å². The van der Waals surface area contributed by atoms with Crippen LogP contribution < -0.4 is 0 Å². The summed E-state index contributed by atoms with van der Waals surface area (Å²) in [4.78, 5) is 10.3. The van der Waals surface area contributed by atoms with Gasteiger partial charge in [0.25, 0.3) is 5.97 Å². The molecule has 1 atom stereocenters. The maximum atomic E-state index is 10.3. The maximum absolute atomic E-state index is 10.3. The lowest BCUT2D eigenvalue weighted by Crippen LogP contribution is -2.26. The third kappa shape index (κ3) is 17.9. The lowest BCUT2D eigenvalue weighted by Gasteiger charge is -2.12. The summed E-state index contributed by atoms with van der Waals surface area (Å²) in [7, 11) is 0. The van der Waals surface area contributed by atoms with Crippen LogP contribution in [0.15, 0.2) is 0 Å². The maximum Gasteiger partial charge on any atom is 0.334 e. The molecule has 6 heteroatoms. The molecule has 4 N–H and O–H groups in total. The number of rotatable bonds is 6. The molecule has 0 radical (unpaired) electrons. The van der Waals surface area contributed by atoms with Gasteiger partial charge in [0.05, 0.1) is 6.61 Å². The molecule has 1 unspecified atom stereocenters. The number of carbonyl (C=O) groups is 1. The second kappa shape index (κ2) is 10.5. The Morgan fingerprint density at radius 3 is 2.00 bits per heavy atom. The fourth-order valence-corrected chi connectivity index (χ4v) is 0.875. The average Bonchev–Trinajstić information content (AvgIpc) is 2.17. The molecule has 0 aliphatic rings. The normalized spacial score (nSPS) is 12.4. The highest BCUT2D eigenvalue weighted by molar-refractivity contribution is 5.73. The third-order valence-electron chi connectivity index (χ3n) is 1.74. The summed E-state index contributed by atoms with van der Waals surface area (Å²) in [5.74, 6) is -3.01. The van der Waals surface area contributed by atoms with Crippen molar-refractivity contribution in [3.8, 4) is 0 Å². The largest absolute Gasteiger partial charge is 0.464 e. The Morgan fingerprint density at radius 1 is 1.24 bits per heavy atom. The summed E-state index contributed by atoms with van der Waals surface area (Å²) >= 11 is 0. The van der Waals surface area contributed by atoms with Crippen molar-refractivity contribution in [2.24, 2.45) is 0 Å². The Balaban J connectivity index is 0. The van der Waals surface area contributed by atoms with Gasteiger partial charge in [-0.25, -0.2) is 4.79 Å². The molecule has 0 rings (SSSR count). The minimum absolute atomic E-state index is 0.0425. The minimum atomic E-state index is -2.45. The second-order valence-corrected chi connectivity index (χ2v) is 3.66. The molecule has 0 heterocycles. The molecule has 0 aromatic heterocycles. The zero-order valence-electron chi connectivity index (χ0n) is 10.7. The van der Waals surface area contributed by atoms with E-state index in [1.807, 2.05) is 6.92 Å². The number of hydrogen-bond acceptors (Lipinski definition) is 6. The van der Waals surface area contributed by atoms with Crippen molar-refractivity contribution in [3.05, 3.63) is 0 Å². The molecule has 0 saturated carbocycles. The van der Waals surface area contributed by atoms with Crippen LogP contribution in [0.5, 0.6) is 0 Å². The predicted molar refractivity (Wildman–Crippen MR) is 61.8 cm³/mol. The van der Waals surface area contributed by atoms with Crippen LogP contribution in [0, 0.1) is 0 Å². The first-order chi connectivity index (χ1) is 7.74. The molecule has 0 fully saturated rings. The topological polar surface area (TPSA) is 107 Å². The van der Waals surface area contributed by atoms with E-state index in [0.717, 1.165) is 12.8 Å². The van der Waals surface area contributed by atoms with E-state index in [9.17, 15) is 4.79 Å². The van der Waals surface area contributed by atoms with Gasteiger partial charge in [0.1, 0.15) is 6.10 Å². The van der Waals surface area contributed by atoms with E-state index in [2.05, 4.69) is 4.74 Å². The molecule has 104 valence electrons. The van der Waals surface area contributed by atoms with E-state index in [1.165, 1.54) is 6.92 Å². The van der Waals surface area contributed by atoms with Gasteiger partial charge in [-0.2, -0.15) is 0 Å². The van der Waals surface area contributed by atoms with Gasteiger partial charge in [-0.15, -0.1) is 0 Å². The van der Waals surface area contributed by atoms with Gasteiger partial charge in [0.15, 0.2) is 0 Å². The number of aliphatic hydroxyl groups is 4. The highest BCUT2D eigenvalue weighted by Gasteiger charge is 2.15. The second-order valence-electron chi connectivity index (χ2n) is 3.66. The standard InChI is InChI=1S/C6H14O3.C5H10O3/c1-2-3-4-5-6(7,8)9;1-3-8-5(7)4(2)6/h7-9H,2-5H2,1H3;4,6H,3H2,1-2H3. The fraction of sp³-hybridized carbons (Fsp3) is 0.909. The Hall–Kier alpha value is -0.690. The molecule has 0 aromatic carbocycles. The molecule has 0 bridgehead atoms. The molecular formula is C11H24O6. The SMILES string of the molecule is CCCCCC(O)(O)O.CCOC(=O)C(C)O. The summed E-state index contributed by atoms with van der Waals surface area (Å²) in [6.07, 6.45) is 1.63. The molecule has 0 aliphatic heterocycles. The van der Waals surface area contributed by atoms with Crippen molar-refractivity contribution in [2.75, 3.05) is 6.61 Å². The fourth-order valence-electron chi connectivity index (χ4n) is 0.875. The Labute approximate surface area is 102 Å². The zero-order chi connectivity index (χ0) is 13.9. The first kappa shape index (κ1) is 18.7. The molecule has 0 aromatic rings. The summed E-state index contributed by atoms with van der Waals surface area (Å²) in [5.41, 5.74) is 0. The van der Waals surface area contributed by atoms with E-state index < -0.39 is 18.0 Å². The van der Waals surface area contributed by atoms with Crippen LogP contribution in [0.2, 0.25) is 0 Å². The van der Waals surface area contributed by atoms with Gasteiger partial charge in [0.2, 0.25) is 0 Å². The first-order valence-corrected chi connectivity index (χ1v) is 5.76. The molecule has 17 heavy (non-hydrogen) atoms. The summed E-state index contributed by atoms with van der Waals surface area (Å²) < 4.78 is 4.41. The van der Waals surface area contributed by atoms with Crippen molar-refractivity contribution >= 4 is 5.97 Å². The summed E-state index contributed by atoms with van der Waals surface area (Å²) in [5, 5.41) is 33.5. The smallest absolute Gasteiger partial charge is 0.334 e. The lowest BCUT2D eigenvalue weighted by molar-refractivity contribution is -0.315. The van der Waals surface area contributed by atoms with Crippen LogP contribution in [-0.2, 0) is 9.53 Å². The Kier molecular flexibility index (Phi) is 11.5. The van der Waals surface area contributed by atoms with E-state index in [0.29, 0.717) is 13.0 Å². The van der Waals surface area contributed by atoms with Crippen LogP contribution in [0.4, 0.5) is 0 Å². The summed E-state index contributed by atoms with van der Waals surface area (Å²) in [6, 6.07) is 0. The van der Waals surface area contributed by atoms with Crippen molar-refractivity contribution < 1.29 is 30.0 Å². The molecule has 6 nitrogen and oxygen atoms in total. The molecule has 0 saturated heterocycles. The van der Waals surface area contributed by atoms with E-state index in [4.69, 9.17) is 20.4 Å². The molecular weight excluding hydrogens is 228 g/mol. The van der Waals surface area contributed by atoms with E-state index in [-0.39, 0.29) is 6.42 Å². The van der Waals surface area contributed by atoms with Gasteiger partial charge >= 0.3 is 5.97 Å². The Morgan fingerprint density at radius 2 is 1.76 bits per heavy atom. The summed E-state index contributed by atoms with van der Waals surface area (Å²) in [6.45, 7) is 5.40. The van der Waals surface area contributed by atoms with Gasteiger partial charge in [-0.3, -0.25) is 0 Å². The van der Waals surface area contributed by atoms with E-state index in [1.54, 1.807) is 6.92 Å². The van der Waals surface area contributed by atoms with Crippen LogP contribution in [-0.4, -0.2) is 45.1 Å². The number of ether oxygens (including phenoxy) is 1. The van der Waals surface area contributed by atoms with Gasteiger partial charge in [-0.1, -0.05) is 19.8 Å². The average molecular weight is 252 g/mol. The zero-order valence-corrected chi connectivity index (χ0v) is 10.7. The molecule has 0 aliphatic carbocycles. The Bertz CT molecular complexity index is 185. The predicted octanol–water partition coefficient (Wildman–Crippen LogP) is 0.128. The van der Waals surface area contributed by atoms with Crippen molar-refractivity contribution in [1.82, 2.24) is 0 Å². The highest BCUT2D eigenvalue weighted by Crippen LogP contribution is 2.07. The van der Waals surface area contributed by atoms with Gasteiger partial charge in [0, 0.05) is 6.42 Å². The van der Waals surface area contributed by atoms with Crippen LogP contribution >= 0.6 is 0 Å². The number of carbonyl (C=O) groups excluding carboxylic acids is 1. The van der Waals surface area contributed by atoms with Crippen molar-refractivity contribution in [1.29, 1.82) is 0 Å². The van der Waals surface area contributed by atoms with Gasteiger partial charge in [-0.05, 0) is 20.3 Å². The lowest BCUT2D eigenvalue weighted by atomic mass is 10.2.